The monoisotopic (exact) mass is 475 g/mol. The molecule has 0 saturated carbocycles. The van der Waals surface area contributed by atoms with Gasteiger partial charge in [0.05, 0.1) is 17.7 Å². The average molecular weight is 475 g/mol. The molecule has 13 heteroatoms. The number of carbonyl (C=O) groups excluding carboxylic acids is 1. The molecule has 5 heterocycles. The van der Waals surface area contributed by atoms with Crippen LogP contribution in [-0.2, 0) is 11.8 Å². The maximum absolute atomic E-state index is 13.4. The summed E-state index contributed by atoms with van der Waals surface area (Å²) in [5, 5.41) is 12.3. The van der Waals surface area contributed by atoms with E-state index in [1.165, 1.54) is 40.1 Å². The quantitative estimate of drug-likeness (QED) is 0.483. The SMILES string of the molecule is CC(C)(C)c1nnc(C(=O)N2CCc3[nH]cnc3[C@H]2c2cc3c(OC(F)(F)F)cccn3n2)o1. The standard InChI is InChI=1S/C21H20F3N7O3/c1-20(2,3)19-28-27-17(33-19)18(32)30-8-6-11-15(26-10-25-11)16(30)12-9-13-14(34-21(22,23)24)5-4-7-31(13)29-12/h4-5,7,9-10,16H,6,8H2,1-3H3,(H,25,26)/t16-/m1/s1. The average Bonchev–Trinajstić information content (AvgIpc) is 3.49. The molecule has 0 saturated heterocycles. The van der Waals surface area contributed by atoms with Crippen molar-refractivity contribution in [2.24, 2.45) is 0 Å². The minimum absolute atomic E-state index is 0.0951. The third-order valence-corrected chi connectivity index (χ3v) is 5.42. The van der Waals surface area contributed by atoms with E-state index >= 15 is 0 Å². The largest absolute Gasteiger partial charge is 0.573 e. The van der Waals surface area contributed by atoms with Crippen LogP contribution < -0.4 is 4.74 Å². The van der Waals surface area contributed by atoms with Crippen molar-refractivity contribution >= 4 is 11.4 Å². The number of H-pyrrole nitrogens is 1. The van der Waals surface area contributed by atoms with Crippen LogP contribution in [0.5, 0.6) is 5.75 Å². The molecule has 1 aliphatic heterocycles. The summed E-state index contributed by atoms with van der Waals surface area (Å²) in [7, 11) is 0. The third-order valence-electron chi connectivity index (χ3n) is 5.42. The number of carbonyl (C=O) groups is 1. The molecule has 0 fully saturated rings. The number of ether oxygens (including phenoxy) is 1. The minimum atomic E-state index is -4.86. The summed E-state index contributed by atoms with van der Waals surface area (Å²) in [6.07, 6.45) is -1.37. The number of nitrogens with one attached hydrogen (secondary N) is 1. The first-order valence-electron chi connectivity index (χ1n) is 10.4. The van der Waals surface area contributed by atoms with E-state index in [-0.39, 0.29) is 18.0 Å². The number of aromatic nitrogens is 6. The molecule has 4 aromatic rings. The fraction of sp³-hybridized carbons (Fsp3) is 0.381. The summed E-state index contributed by atoms with van der Waals surface area (Å²) in [4.78, 5) is 22.3. The highest BCUT2D eigenvalue weighted by Gasteiger charge is 2.39. The van der Waals surface area contributed by atoms with E-state index in [2.05, 4.69) is 30.0 Å². The summed E-state index contributed by atoms with van der Waals surface area (Å²) in [6.45, 7) is 5.93. The normalized spacial score (nSPS) is 16.6. The molecule has 34 heavy (non-hydrogen) atoms. The number of imidazole rings is 1. The number of amides is 1. The Hall–Kier alpha value is -3.90. The van der Waals surface area contributed by atoms with Crippen molar-refractivity contribution in [2.45, 2.75) is 45.0 Å². The van der Waals surface area contributed by atoms with E-state index in [0.29, 0.717) is 23.7 Å². The van der Waals surface area contributed by atoms with Gasteiger partial charge in [-0.2, -0.15) is 5.10 Å². The molecule has 0 radical (unpaired) electrons. The number of fused-ring (bicyclic) bond motifs is 2. The fourth-order valence-corrected chi connectivity index (χ4v) is 3.88. The Labute approximate surface area is 190 Å². The Morgan fingerprint density at radius 1 is 1.26 bits per heavy atom. The van der Waals surface area contributed by atoms with E-state index < -0.39 is 29.5 Å². The van der Waals surface area contributed by atoms with Gasteiger partial charge in [-0.1, -0.05) is 20.8 Å². The Morgan fingerprint density at radius 2 is 2.06 bits per heavy atom. The van der Waals surface area contributed by atoms with Crippen LogP contribution >= 0.6 is 0 Å². The number of halogens is 3. The maximum Gasteiger partial charge on any atom is 0.573 e. The van der Waals surface area contributed by atoms with Crippen LogP contribution in [0.4, 0.5) is 13.2 Å². The minimum Gasteiger partial charge on any atom is -0.416 e. The number of hydrogen-bond donors (Lipinski definition) is 1. The summed E-state index contributed by atoms with van der Waals surface area (Å²) >= 11 is 0. The number of aromatic amines is 1. The molecule has 4 aromatic heterocycles. The van der Waals surface area contributed by atoms with E-state index in [0.717, 1.165) is 5.69 Å². The molecule has 1 atom stereocenters. The predicted molar refractivity (Wildman–Crippen MR) is 110 cm³/mol. The molecular formula is C21H20F3N7O3. The van der Waals surface area contributed by atoms with Gasteiger partial charge in [-0.15, -0.1) is 23.4 Å². The summed E-state index contributed by atoms with van der Waals surface area (Å²) in [6, 6.07) is 3.25. The Balaban J connectivity index is 1.58. The van der Waals surface area contributed by atoms with Crippen LogP contribution in [0.1, 0.15) is 60.5 Å². The van der Waals surface area contributed by atoms with E-state index in [9.17, 15) is 18.0 Å². The first kappa shape index (κ1) is 21.9. The molecule has 0 unspecified atom stereocenters. The summed E-state index contributed by atoms with van der Waals surface area (Å²) in [5.41, 5.74) is 1.31. The Bertz CT molecular complexity index is 1370. The van der Waals surface area contributed by atoms with Crippen molar-refractivity contribution in [2.75, 3.05) is 6.54 Å². The molecule has 0 aliphatic carbocycles. The van der Waals surface area contributed by atoms with Gasteiger partial charge in [-0.3, -0.25) is 4.79 Å². The molecule has 1 N–H and O–H groups in total. The van der Waals surface area contributed by atoms with Crippen LogP contribution in [0.2, 0.25) is 0 Å². The number of hydrogen-bond acceptors (Lipinski definition) is 7. The zero-order valence-corrected chi connectivity index (χ0v) is 18.4. The lowest BCUT2D eigenvalue weighted by atomic mass is 9.97. The fourth-order valence-electron chi connectivity index (χ4n) is 3.88. The summed E-state index contributed by atoms with van der Waals surface area (Å²) in [5.74, 6) is -0.799. The summed E-state index contributed by atoms with van der Waals surface area (Å²) < 4.78 is 49.7. The van der Waals surface area contributed by atoms with Crippen LogP contribution in [0.15, 0.2) is 35.1 Å². The Kier molecular flexibility index (Phi) is 4.88. The zero-order valence-electron chi connectivity index (χ0n) is 18.4. The van der Waals surface area contributed by atoms with Crippen molar-refractivity contribution in [1.82, 2.24) is 34.7 Å². The highest BCUT2D eigenvalue weighted by atomic mass is 19.4. The van der Waals surface area contributed by atoms with Gasteiger partial charge in [-0.25, -0.2) is 9.50 Å². The maximum atomic E-state index is 13.4. The first-order chi connectivity index (χ1) is 16.0. The van der Waals surface area contributed by atoms with Gasteiger partial charge < -0.3 is 19.0 Å². The topological polar surface area (TPSA) is 114 Å². The lowest BCUT2D eigenvalue weighted by molar-refractivity contribution is -0.274. The number of nitrogens with zero attached hydrogens (tertiary/aromatic N) is 6. The molecule has 5 rings (SSSR count). The molecule has 10 nitrogen and oxygen atoms in total. The van der Waals surface area contributed by atoms with E-state index in [1.54, 1.807) is 0 Å². The van der Waals surface area contributed by atoms with Gasteiger partial charge in [0.2, 0.25) is 5.89 Å². The smallest absolute Gasteiger partial charge is 0.416 e. The number of pyridine rings is 1. The van der Waals surface area contributed by atoms with Gasteiger partial charge >= 0.3 is 18.2 Å². The van der Waals surface area contributed by atoms with Gasteiger partial charge in [0, 0.05) is 30.3 Å². The predicted octanol–water partition coefficient (Wildman–Crippen LogP) is 3.42. The highest BCUT2D eigenvalue weighted by molar-refractivity contribution is 5.90. The van der Waals surface area contributed by atoms with Crippen molar-refractivity contribution in [3.05, 3.63) is 59.6 Å². The molecule has 1 amide bonds. The number of rotatable bonds is 3. The lowest BCUT2D eigenvalue weighted by Crippen LogP contribution is -2.41. The van der Waals surface area contributed by atoms with Gasteiger partial charge in [-0.05, 0) is 18.2 Å². The molecule has 1 aliphatic rings. The van der Waals surface area contributed by atoms with Gasteiger partial charge in [0.15, 0.2) is 5.75 Å². The van der Waals surface area contributed by atoms with Gasteiger partial charge in [0.1, 0.15) is 11.6 Å². The van der Waals surface area contributed by atoms with Crippen LogP contribution in [0, 0.1) is 0 Å². The molecule has 0 aromatic carbocycles. The molecule has 0 bridgehead atoms. The van der Waals surface area contributed by atoms with E-state index in [1.807, 2.05) is 20.8 Å². The second kappa shape index (κ2) is 7.57. The highest BCUT2D eigenvalue weighted by Crippen LogP contribution is 2.36. The van der Waals surface area contributed by atoms with Crippen LogP contribution in [0.3, 0.4) is 0 Å². The Morgan fingerprint density at radius 3 is 2.76 bits per heavy atom. The second-order valence-electron chi connectivity index (χ2n) is 8.90. The molecule has 0 spiro atoms. The second-order valence-corrected chi connectivity index (χ2v) is 8.90. The number of alkyl halides is 3. The third kappa shape index (κ3) is 3.86. The van der Waals surface area contributed by atoms with Crippen LogP contribution in [-0.4, -0.2) is 53.5 Å². The molecular weight excluding hydrogens is 455 g/mol. The first-order valence-corrected chi connectivity index (χ1v) is 10.4. The lowest BCUT2D eigenvalue weighted by Gasteiger charge is -2.32. The van der Waals surface area contributed by atoms with Crippen molar-refractivity contribution in [1.29, 1.82) is 0 Å². The van der Waals surface area contributed by atoms with Crippen LogP contribution in [0.25, 0.3) is 5.52 Å². The molecule has 178 valence electrons. The van der Waals surface area contributed by atoms with E-state index in [4.69, 9.17) is 4.42 Å². The van der Waals surface area contributed by atoms with Gasteiger partial charge in [0.25, 0.3) is 0 Å². The zero-order chi connectivity index (χ0) is 24.3. The van der Waals surface area contributed by atoms with Crippen molar-refractivity contribution in [3.8, 4) is 5.75 Å². The van der Waals surface area contributed by atoms with Crippen molar-refractivity contribution < 1.29 is 27.1 Å². The van der Waals surface area contributed by atoms with Crippen molar-refractivity contribution in [3.63, 3.8) is 0 Å².